The summed E-state index contributed by atoms with van der Waals surface area (Å²) in [6, 6.07) is 4.06. The molecular weight excluding hydrogens is 326 g/mol. The Labute approximate surface area is 154 Å². The van der Waals surface area contributed by atoms with Crippen LogP contribution >= 0.6 is 0 Å². The molecule has 0 radical (unpaired) electrons. The summed E-state index contributed by atoms with van der Waals surface area (Å²) >= 11 is 0. The second-order valence-electron chi connectivity index (χ2n) is 8.19. The second-order valence-corrected chi connectivity index (χ2v) is 8.19. The van der Waals surface area contributed by atoms with E-state index in [-0.39, 0.29) is 17.6 Å². The van der Waals surface area contributed by atoms with Crippen molar-refractivity contribution in [1.29, 1.82) is 0 Å². The number of carbonyl (C=O) groups is 1. The van der Waals surface area contributed by atoms with Crippen molar-refractivity contribution in [3.05, 3.63) is 30.2 Å². The lowest BCUT2D eigenvalue weighted by molar-refractivity contribution is -0.129. The summed E-state index contributed by atoms with van der Waals surface area (Å²) in [6.45, 7) is 6.02. The van der Waals surface area contributed by atoms with E-state index in [1.54, 1.807) is 6.20 Å². The highest BCUT2D eigenvalue weighted by molar-refractivity contribution is 5.92. The van der Waals surface area contributed by atoms with Gasteiger partial charge in [-0.3, -0.25) is 14.8 Å². The number of aliphatic hydroxyl groups excluding tert-OH is 1. The first-order chi connectivity index (χ1) is 12.5. The molecule has 1 N–H and O–H groups in total. The zero-order valence-electron chi connectivity index (χ0n) is 15.6. The predicted molar refractivity (Wildman–Crippen MR) is 102 cm³/mol. The molecule has 0 amide bonds. The van der Waals surface area contributed by atoms with E-state index in [2.05, 4.69) is 27.9 Å². The van der Waals surface area contributed by atoms with Crippen molar-refractivity contribution in [2.75, 3.05) is 18.0 Å². The molecule has 1 aliphatic carbocycles. The van der Waals surface area contributed by atoms with Crippen LogP contribution in [0.2, 0.25) is 0 Å². The number of Topliss-reactive ketones (excluding diaryl/α,β-unsaturated/α-hetero) is 1. The van der Waals surface area contributed by atoms with Crippen LogP contribution in [0.5, 0.6) is 0 Å². The van der Waals surface area contributed by atoms with Gasteiger partial charge in [0.05, 0.1) is 23.1 Å². The molecule has 3 atom stereocenters. The van der Waals surface area contributed by atoms with Crippen LogP contribution in [0.4, 0.5) is 5.69 Å². The second kappa shape index (κ2) is 6.95. The third-order valence-electron chi connectivity index (χ3n) is 5.78. The number of fused-ring (bicyclic) bond motifs is 1. The number of aliphatic hydroxyl groups is 1. The molecule has 1 aliphatic heterocycles. The quantitative estimate of drug-likeness (QED) is 0.894. The molecule has 1 saturated heterocycles. The smallest absolute Gasteiger partial charge is 0.161 e. The Balaban J connectivity index is 1.55. The van der Waals surface area contributed by atoms with Crippen molar-refractivity contribution in [2.45, 2.75) is 45.6 Å². The minimum absolute atomic E-state index is 0.0279. The average molecular weight is 353 g/mol. The topological polar surface area (TPSA) is 66.3 Å². The summed E-state index contributed by atoms with van der Waals surface area (Å²) in [6.07, 6.45) is 6.51. The first-order valence-electron chi connectivity index (χ1n) is 9.69. The molecule has 0 unspecified atom stereocenters. The maximum atomic E-state index is 12.4. The molecule has 0 aromatic carbocycles. The van der Waals surface area contributed by atoms with Gasteiger partial charge >= 0.3 is 0 Å². The third-order valence-corrected chi connectivity index (χ3v) is 5.78. The first kappa shape index (κ1) is 17.4. The Morgan fingerprint density at radius 2 is 2.15 bits per heavy atom. The molecule has 2 fully saturated rings. The number of rotatable bonds is 5. The van der Waals surface area contributed by atoms with Crippen LogP contribution in [-0.4, -0.2) is 40.1 Å². The zero-order chi connectivity index (χ0) is 18.3. The number of carbonyl (C=O) groups excluding carboxylic acids is 1. The lowest BCUT2D eigenvalue weighted by atomic mass is 9.85. The maximum absolute atomic E-state index is 12.4. The Bertz CT molecular complexity index is 818. The van der Waals surface area contributed by atoms with Crippen LogP contribution in [0.3, 0.4) is 0 Å². The van der Waals surface area contributed by atoms with Crippen molar-refractivity contribution >= 4 is 22.4 Å². The fourth-order valence-electron chi connectivity index (χ4n) is 4.35. The van der Waals surface area contributed by atoms with Crippen molar-refractivity contribution in [3.63, 3.8) is 0 Å². The van der Waals surface area contributed by atoms with E-state index >= 15 is 0 Å². The molecule has 3 heterocycles. The molecule has 2 aliphatic rings. The first-order valence-corrected chi connectivity index (χ1v) is 9.69. The lowest BCUT2D eigenvalue weighted by Gasteiger charge is -2.38. The van der Waals surface area contributed by atoms with Crippen molar-refractivity contribution in [2.24, 2.45) is 17.8 Å². The number of nitrogens with zero attached hydrogens (tertiary/aromatic N) is 3. The average Bonchev–Trinajstić information content (AvgIpc) is 3.46. The van der Waals surface area contributed by atoms with E-state index < -0.39 is 6.10 Å². The normalized spacial score (nSPS) is 24.7. The van der Waals surface area contributed by atoms with E-state index in [1.807, 2.05) is 19.2 Å². The van der Waals surface area contributed by atoms with Crippen LogP contribution in [-0.2, 0) is 4.79 Å². The third kappa shape index (κ3) is 3.45. The van der Waals surface area contributed by atoms with Gasteiger partial charge in [0.2, 0.25) is 0 Å². The Kier molecular flexibility index (Phi) is 4.65. The lowest BCUT2D eigenvalue weighted by Crippen LogP contribution is -2.41. The highest BCUT2D eigenvalue weighted by atomic mass is 16.3. The summed E-state index contributed by atoms with van der Waals surface area (Å²) in [5.74, 6) is 1.04. The van der Waals surface area contributed by atoms with Gasteiger partial charge in [-0.25, -0.2) is 0 Å². The standard InChI is InChI=1S/C21H27N3O2/c1-13-8-15(9-19(25)21(26)16-5-6-16)12-24(11-13)18-10-23-14(2)20-17(18)4-3-7-22-20/h3-4,7,10,13,15-16,21,26H,5-6,8-9,11-12H2,1-2H3/t13-,15-,21+/m0/s1. The van der Waals surface area contributed by atoms with E-state index in [4.69, 9.17) is 0 Å². The van der Waals surface area contributed by atoms with Crippen molar-refractivity contribution < 1.29 is 9.90 Å². The van der Waals surface area contributed by atoms with Gasteiger partial charge in [0.1, 0.15) is 6.10 Å². The summed E-state index contributed by atoms with van der Waals surface area (Å²) in [5, 5.41) is 11.2. The van der Waals surface area contributed by atoms with Gasteiger partial charge in [-0.2, -0.15) is 0 Å². The van der Waals surface area contributed by atoms with Gasteiger partial charge in [-0.15, -0.1) is 0 Å². The number of aryl methyl sites for hydroxylation is 1. The molecule has 0 bridgehead atoms. The maximum Gasteiger partial charge on any atom is 0.161 e. The number of hydrogen-bond donors (Lipinski definition) is 1. The minimum atomic E-state index is -0.744. The highest BCUT2D eigenvalue weighted by Gasteiger charge is 2.36. The Morgan fingerprint density at radius 3 is 2.92 bits per heavy atom. The summed E-state index contributed by atoms with van der Waals surface area (Å²) < 4.78 is 0. The molecule has 26 heavy (non-hydrogen) atoms. The van der Waals surface area contributed by atoms with Gasteiger partial charge in [0.15, 0.2) is 5.78 Å². The molecule has 2 aromatic rings. The summed E-state index contributed by atoms with van der Waals surface area (Å²) in [4.78, 5) is 23.8. The van der Waals surface area contributed by atoms with Gasteiger partial charge in [-0.1, -0.05) is 6.92 Å². The Morgan fingerprint density at radius 1 is 1.35 bits per heavy atom. The van der Waals surface area contributed by atoms with Crippen LogP contribution in [0, 0.1) is 24.7 Å². The largest absolute Gasteiger partial charge is 0.385 e. The molecule has 5 heteroatoms. The monoisotopic (exact) mass is 353 g/mol. The number of ketones is 1. The zero-order valence-corrected chi connectivity index (χ0v) is 15.6. The van der Waals surface area contributed by atoms with Crippen molar-refractivity contribution in [3.8, 4) is 0 Å². The molecule has 138 valence electrons. The van der Waals surface area contributed by atoms with E-state index in [0.29, 0.717) is 12.3 Å². The number of anilines is 1. The van der Waals surface area contributed by atoms with Crippen LogP contribution in [0.25, 0.3) is 10.9 Å². The van der Waals surface area contributed by atoms with Gasteiger partial charge in [0.25, 0.3) is 0 Å². The highest BCUT2D eigenvalue weighted by Crippen LogP contribution is 2.36. The molecule has 4 rings (SSSR count). The van der Waals surface area contributed by atoms with Gasteiger partial charge in [-0.05, 0) is 56.1 Å². The number of aromatic nitrogens is 2. The molecule has 2 aromatic heterocycles. The van der Waals surface area contributed by atoms with Crippen LogP contribution in [0.15, 0.2) is 24.5 Å². The van der Waals surface area contributed by atoms with E-state index in [0.717, 1.165) is 54.6 Å². The van der Waals surface area contributed by atoms with Crippen LogP contribution < -0.4 is 4.90 Å². The van der Waals surface area contributed by atoms with Gasteiger partial charge in [0, 0.05) is 31.1 Å². The molecular formula is C21H27N3O2. The fraction of sp³-hybridized carbons (Fsp3) is 0.571. The van der Waals surface area contributed by atoms with Gasteiger partial charge < -0.3 is 10.0 Å². The summed E-state index contributed by atoms with van der Waals surface area (Å²) in [5.41, 5.74) is 2.99. The Hall–Kier alpha value is -2.01. The minimum Gasteiger partial charge on any atom is -0.385 e. The number of hydrogen-bond acceptors (Lipinski definition) is 5. The number of pyridine rings is 2. The summed E-state index contributed by atoms with van der Waals surface area (Å²) in [7, 11) is 0. The fourth-order valence-corrected chi connectivity index (χ4v) is 4.35. The molecule has 1 saturated carbocycles. The molecule has 0 spiro atoms. The van der Waals surface area contributed by atoms with Crippen molar-refractivity contribution in [1.82, 2.24) is 9.97 Å². The van der Waals surface area contributed by atoms with Crippen LogP contribution in [0.1, 0.15) is 38.3 Å². The van der Waals surface area contributed by atoms with E-state index in [1.165, 1.54) is 0 Å². The molecule has 5 nitrogen and oxygen atoms in total. The predicted octanol–water partition coefficient (Wildman–Crippen LogP) is 3.13. The number of piperidine rings is 1. The van der Waals surface area contributed by atoms with E-state index in [9.17, 15) is 9.90 Å². The SMILES string of the molecule is Cc1ncc(N2C[C@@H](C)C[C@@H](CC(=O)[C@H](O)C3CC3)C2)c2cccnc12.